The molecule has 6 heteroatoms. The average molecular weight is 222 g/mol. The summed E-state index contributed by atoms with van der Waals surface area (Å²) in [5.41, 5.74) is 12.8. The summed E-state index contributed by atoms with van der Waals surface area (Å²) in [7, 11) is 0. The van der Waals surface area contributed by atoms with Crippen LogP contribution in [0.1, 0.15) is 12.0 Å². The third-order valence-corrected chi connectivity index (χ3v) is 1.71. The summed E-state index contributed by atoms with van der Waals surface area (Å²) < 4.78 is 25.9. The van der Waals surface area contributed by atoms with Crippen LogP contribution in [0.5, 0.6) is 0 Å². The molecular weight excluding hydrogens is 214 g/mol. The lowest BCUT2D eigenvalue weighted by atomic mass is 10.2. The molecule has 82 valence electrons. The van der Waals surface area contributed by atoms with Crippen molar-refractivity contribution >= 4 is 5.69 Å². The molecule has 0 aliphatic rings. The van der Waals surface area contributed by atoms with Crippen molar-refractivity contribution in [2.75, 3.05) is 12.3 Å². The molecule has 0 aliphatic heterocycles. The van der Waals surface area contributed by atoms with Gasteiger partial charge in [-0.15, -0.1) is 0 Å². The van der Waals surface area contributed by atoms with Gasteiger partial charge in [0.25, 0.3) is 0 Å². The summed E-state index contributed by atoms with van der Waals surface area (Å²) >= 11 is 0. The van der Waals surface area contributed by atoms with E-state index in [2.05, 4.69) is 21.9 Å². The lowest BCUT2D eigenvalue weighted by Gasteiger charge is -1.98. The third-order valence-electron chi connectivity index (χ3n) is 1.71. The lowest BCUT2D eigenvalue weighted by molar-refractivity contribution is 0.591. The molecule has 0 aromatic heterocycles. The van der Waals surface area contributed by atoms with Crippen LogP contribution in [0, 0.1) is 23.5 Å². The maximum absolute atomic E-state index is 13.0. The van der Waals surface area contributed by atoms with Crippen LogP contribution >= 0.6 is 0 Å². The Morgan fingerprint density at radius 2 is 2.00 bits per heavy atom. The minimum absolute atomic E-state index is 0.199. The highest BCUT2D eigenvalue weighted by Gasteiger charge is 2.05. The van der Waals surface area contributed by atoms with E-state index in [9.17, 15) is 8.78 Å². The van der Waals surface area contributed by atoms with E-state index in [1.54, 1.807) is 0 Å². The molecule has 0 aliphatic carbocycles. The van der Waals surface area contributed by atoms with Gasteiger partial charge in [0.1, 0.15) is 17.3 Å². The molecule has 0 spiro atoms. The van der Waals surface area contributed by atoms with E-state index < -0.39 is 17.3 Å². The molecule has 0 fully saturated rings. The number of nitrogens with two attached hydrogens (primary N) is 1. The first-order chi connectivity index (χ1) is 7.65. The lowest BCUT2D eigenvalue weighted by Crippen LogP contribution is -1.96. The Morgan fingerprint density at radius 3 is 2.56 bits per heavy atom. The van der Waals surface area contributed by atoms with E-state index in [4.69, 9.17) is 11.3 Å². The second-order valence-electron chi connectivity index (χ2n) is 2.86. The fraction of sp³-hybridized carbons (Fsp3) is 0.200. The quantitative estimate of drug-likeness (QED) is 0.205. The first kappa shape index (κ1) is 11.8. The Balaban J connectivity index is 2.78. The highest BCUT2D eigenvalue weighted by Crippen LogP contribution is 2.16. The molecule has 0 saturated heterocycles. The summed E-state index contributed by atoms with van der Waals surface area (Å²) in [5, 5.41) is 3.26. The number of hydrogen-bond donors (Lipinski definition) is 1. The number of anilines is 1. The normalized spacial score (nSPS) is 8.88. The fourth-order valence-electron chi connectivity index (χ4n) is 0.972. The predicted molar refractivity (Wildman–Crippen MR) is 56.3 cm³/mol. The fourth-order valence-corrected chi connectivity index (χ4v) is 0.972. The number of azide groups is 1. The van der Waals surface area contributed by atoms with Gasteiger partial charge in [-0.1, -0.05) is 17.0 Å². The van der Waals surface area contributed by atoms with Gasteiger partial charge in [-0.3, -0.25) is 0 Å². The third kappa shape index (κ3) is 3.15. The van der Waals surface area contributed by atoms with Gasteiger partial charge < -0.3 is 5.73 Å². The standard InChI is InChI=1S/C10H8F2N4/c11-8-5-7(6-9(12)10(8)13)3-1-2-4-15-16-14/h5-6H,2,4,13H2. The molecule has 0 bridgehead atoms. The van der Waals surface area contributed by atoms with Gasteiger partial charge in [0.2, 0.25) is 0 Å². The van der Waals surface area contributed by atoms with Gasteiger partial charge in [-0.2, -0.15) is 0 Å². The molecular formula is C10H8F2N4. The minimum atomic E-state index is -0.834. The molecule has 4 nitrogen and oxygen atoms in total. The predicted octanol–water partition coefficient (Wildman–Crippen LogP) is 2.60. The number of rotatable bonds is 2. The van der Waals surface area contributed by atoms with Crippen LogP contribution in [0.15, 0.2) is 17.2 Å². The Kier molecular flexibility index (Phi) is 4.13. The summed E-state index contributed by atoms with van der Waals surface area (Å²) in [6, 6.07) is 2.11. The van der Waals surface area contributed by atoms with E-state index in [1.165, 1.54) is 0 Å². The van der Waals surface area contributed by atoms with Gasteiger partial charge in [-0.05, 0) is 17.7 Å². The number of nitrogens with zero attached hydrogens (tertiary/aromatic N) is 3. The second-order valence-corrected chi connectivity index (χ2v) is 2.86. The van der Waals surface area contributed by atoms with Crippen molar-refractivity contribution in [3.8, 4) is 11.8 Å². The van der Waals surface area contributed by atoms with Crippen LogP contribution in [0.3, 0.4) is 0 Å². The minimum Gasteiger partial charge on any atom is -0.394 e. The van der Waals surface area contributed by atoms with Crippen molar-refractivity contribution in [3.05, 3.63) is 39.8 Å². The molecule has 0 saturated carbocycles. The maximum Gasteiger partial charge on any atom is 0.150 e. The van der Waals surface area contributed by atoms with Gasteiger partial charge in [-0.25, -0.2) is 8.78 Å². The van der Waals surface area contributed by atoms with Crippen LogP contribution in [0.4, 0.5) is 14.5 Å². The van der Waals surface area contributed by atoms with Crippen LogP contribution in [0.2, 0.25) is 0 Å². The van der Waals surface area contributed by atoms with Crippen LogP contribution in [-0.2, 0) is 0 Å². The van der Waals surface area contributed by atoms with Crippen molar-refractivity contribution in [2.24, 2.45) is 5.11 Å². The van der Waals surface area contributed by atoms with E-state index >= 15 is 0 Å². The summed E-state index contributed by atoms with van der Waals surface area (Å²) in [5.74, 6) is 3.50. The number of nitrogen functional groups attached to an aromatic ring is 1. The highest BCUT2D eigenvalue weighted by molar-refractivity contribution is 5.47. The number of halogens is 2. The summed E-state index contributed by atoms with van der Waals surface area (Å²) in [4.78, 5) is 2.54. The van der Waals surface area contributed by atoms with Crippen LogP contribution < -0.4 is 5.73 Å². The van der Waals surface area contributed by atoms with Crippen molar-refractivity contribution in [3.63, 3.8) is 0 Å². The molecule has 1 aromatic rings. The first-order valence-corrected chi connectivity index (χ1v) is 4.39. The zero-order valence-corrected chi connectivity index (χ0v) is 8.24. The van der Waals surface area contributed by atoms with Crippen molar-refractivity contribution in [2.45, 2.75) is 6.42 Å². The maximum atomic E-state index is 13.0. The molecule has 1 rings (SSSR count). The highest BCUT2D eigenvalue weighted by atomic mass is 19.1. The first-order valence-electron chi connectivity index (χ1n) is 4.39. The SMILES string of the molecule is [N-]=[N+]=NCCC#Cc1cc(F)c(N)c(F)c1. The van der Waals surface area contributed by atoms with Crippen LogP contribution in [0.25, 0.3) is 10.4 Å². The Labute approximate surface area is 90.7 Å². The molecule has 0 unspecified atom stereocenters. The number of hydrogen-bond acceptors (Lipinski definition) is 2. The topological polar surface area (TPSA) is 74.8 Å². The van der Waals surface area contributed by atoms with Gasteiger partial charge in [0.05, 0.1) is 0 Å². The zero-order valence-electron chi connectivity index (χ0n) is 8.24. The molecule has 1 aromatic carbocycles. The second kappa shape index (κ2) is 5.59. The summed E-state index contributed by atoms with van der Waals surface area (Å²) in [6.45, 7) is 0.226. The van der Waals surface area contributed by atoms with Crippen molar-refractivity contribution < 1.29 is 8.78 Å². The van der Waals surface area contributed by atoms with E-state index in [0.29, 0.717) is 6.42 Å². The van der Waals surface area contributed by atoms with Crippen molar-refractivity contribution in [1.29, 1.82) is 0 Å². The molecule has 2 N–H and O–H groups in total. The van der Waals surface area contributed by atoms with Gasteiger partial charge >= 0.3 is 0 Å². The number of benzene rings is 1. The summed E-state index contributed by atoms with van der Waals surface area (Å²) in [6.07, 6.45) is 0.331. The Bertz CT molecular complexity index is 472. The van der Waals surface area contributed by atoms with Gasteiger partial charge in [0, 0.05) is 23.4 Å². The largest absolute Gasteiger partial charge is 0.394 e. The molecule has 0 atom stereocenters. The zero-order chi connectivity index (χ0) is 12.0. The Hall–Kier alpha value is -2.25. The van der Waals surface area contributed by atoms with E-state index in [1.807, 2.05) is 0 Å². The van der Waals surface area contributed by atoms with Crippen LogP contribution in [-0.4, -0.2) is 6.54 Å². The van der Waals surface area contributed by atoms with E-state index in [-0.39, 0.29) is 12.1 Å². The average Bonchev–Trinajstić information content (AvgIpc) is 2.25. The Morgan fingerprint density at radius 1 is 1.38 bits per heavy atom. The molecule has 0 radical (unpaired) electrons. The van der Waals surface area contributed by atoms with Crippen molar-refractivity contribution in [1.82, 2.24) is 0 Å². The molecule has 16 heavy (non-hydrogen) atoms. The molecule has 0 heterocycles. The van der Waals surface area contributed by atoms with Gasteiger partial charge in [0.15, 0.2) is 0 Å². The smallest absolute Gasteiger partial charge is 0.150 e. The van der Waals surface area contributed by atoms with E-state index in [0.717, 1.165) is 12.1 Å². The molecule has 0 amide bonds. The monoisotopic (exact) mass is 222 g/mol.